The van der Waals surface area contributed by atoms with Gasteiger partial charge in [-0.15, -0.1) is 0 Å². The molecule has 2 fully saturated rings. The summed E-state index contributed by atoms with van der Waals surface area (Å²) < 4.78 is 8.55. The highest BCUT2D eigenvalue weighted by Gasteiger charge is 2.31. The Balaban J connectivity index is 1.38. The molecule has 1 saturated heterocycles. The zero-order valence-corrected chi connectivity index (χ0v) is 20.8. The minimum absolute atomic E-state index is 0.157. The molecule has 34 heavy (non-hydrogen) atoms. The zero-order valence-electron chi connectivity index (χ0n) is 19.3. The van der Waals surface area contributed by atoms with Crippen LogP contribution in [0.4, 0.5) is 0 Å². The second-order valence-electron chi connectivity index (χ2n) is 9.31. The van der Waals surface area contributed by atoms with Gasteiger partial charge in [-0.2, -0.15) is 0 Å². The van der Waals surface area contributed by atoms with Gasteiger partial charge in [-0.25, -0.2) is 5.43 Å². The molecule has 0 amide bonds. The number of nitrogens with zero attached hydrogens (tertiary/aromatic N) is 1. The molecule has 3 aromatic rings. The largest absolute Gasteiger partial charge is 0.393 e. The molecule has 1 saturated carbocycles. The number of benzene rings is 2. The van der Waals surface area contributed by atoms with Crippen molar-refractivity contribution >= 4 is 39.8 Å². The number of aliphatic hydroxyl groups excluding tert-OH is 1. The van der Waals surface area contributed by atoms with Crippen LogP contribution in [0.25, 0.3) is 10.9 Å². The summed E-state index contributed by atoms with van der Waals surface area (Å²) >= 11 is 11.8. The van der Waals surface area contributed by atoms with Crippen LogP contribution in [0.1, 0.15) is 54.5 Å². The van der Waals surface area contributed by atoms with E-state index in [1.807, 2.05) is 12.1 Å². The molecule has 5 rings (SSSR count). The number of fused-ring (bicyclic) bond motifs is 1. The average Bonchev–Trinajstić information content (AvgIpc) is 3.61. The van der Waals surface area contributed by atoms with Gasteiger partial charge in [0.25, 0.3) is 0 Å². The Morgan fingerprint density at radius 3 is 2.71 bits per heavy atom. The van der Waals surface area contributed by atoms with Gasteiger partial charge in [-0.1, -0.05) is 41.9 Å². The molecule has 6 nitrogen and oxygen atoms in total. The Labute approximate surface area is 210 Å². The van der Waals surface area contributed by atoms with Crippen LogP contribution in [-0.4, -0.2) is 40.6 Å². The quantitative estimate of drug-likeness (QED) is 0.286. The van der Waals surface area contributed by atoms with Crippen molar-refractivity contribution in [3.8, 4) is 0 Å². The van der Waals surface area contributed by atoms with E-state index in [1.165, 1.54) is 29.5 Å². The van der Waals surface area contributed by atoms with Gasteiger partial charge in [0, 0.05) is 38.0 Å². The van der Waals surface area contributed by atoms with E-state index in [0.29, 0.717) is 24.5 Å². The number of thiocarbonyl (C=S) groups is 1. The predicted molar refractivity (Wildman–Crippen MR) is 140 cm³/mol. The summed E-state index contributed by atoms with van der Waals surface area (Å²) in [5, 5.41) is 15.8. The average molecular weight is 499 g/mol. The maximum absolute atomic E-state index is 10.6. The van der Waals surface area contributed by atoms with Gasteiger partial charge >= 0.3 is 0 Å². The van der Waals surface area contributed by atoms with E-state index in [2.05, 4.69) is 57.3 Å². The Hall–Kier alpha value is -2.16. The van der Waals surface area contributed by atoms with Gasteiger partial charge < -0.3 is 19.7 Å². The molecule has 1 aliphatic heterocycles. The highest BCUT2D eigenvalue weighted by molar-refractivity contribution is 7.80. The monoisotopic (exact) mass is 498 g/mol. The summed E-state index contributed by atoms with van der Waals surface area (Å²) in [6.07, 6.45) is 5.78. The van der Waals surface area contributed by atoms with Crippen molar-refractivity contribution in [2.24, 2.45) is 0 Å². The minimum Gasteiger partial charge on any atom is -0.393 e. The van der Waals surface area contributed by atoms with Crippen LogP contribution in [0.3, 0.4) is 0 Å². The maximum atomic E-state index is 10.6. The number of ether oxygens (including phenoxy) is 1. The zero-order chi connectivity index (χ0) is 23.7. The second-order valence-corrected chi connectivity index (χ2v) is 10.1. The fourth-order valence-electron chi connectivity index (χ4n) is 4.85. The number of hydrogen-bond acceptors (Lipinski definition) is 4. The fraction of sp³-hybridized carbons (Fsp3) is 0.423. The van der Waals surface area contributed by atoms with Crippen LogP contribution in [-0.2, 0) is 11.2 Å². The van der Waals surface area contributed by atoms with Gasteiger partial charge in [0.05, 0.1) is 22.7 Å². The molecule has 0 spiro atoms. The number of hydrogen-bond donors (Lipinski definition) is 4. The lowest BCUT2D eigenvalue weighted by atomic mass is 10.0. The highest BCUT2D eigenvalue weighted by atomic mass is 35.5. The van der Waals surface area contributed by atoms with Gasteiger partial charge in [-0.3, -0.25) is 5.43 Å². The van der Waals surface area contributed by atoms with Crippen molar-refractivity contribution in [3.05, 3.63) is 70.4 Å². The second kappa shape index (κ2) is 10.2. The predicted octanol–water partition coefficient (Wildman–Crippen LogP) is 4.40. The molecule has 3 atom stereocenters. The van der Waals surface area contributed by atoms with E-state index in [0.717, 1.165) is 28.3 Å². The number of aromatic nitrogens is 1. The van der Waals surface area contributed by atoms with Crippen molar-refractivity contribution < 1.29 is 9.84 Å². The molecule has 4 N–H and O–H groups in total. The third-order valence-corrected chi connectivity index (χ3v) is 7.36. The smallest absolute Gasteiger partial charge is 0.180 e. The summed E-state index contributed by atoms with van der Waals surface area (Å²) in [4.78, 5) is 0. The molecule has 3 unspecified atom stereocenters. The van der Waals surface area contributed by atoms with Crippen LogP contribution in [0.2, 0.25) is 5.02 Å². The van der Waals surface area contributed by atoms with Gasteiger partial charge in [-0.05, 0) is 66.2 Å². The first kappa shape index (κ1) is 23.6. The van der Waals surface area contributed by atoms with Crippen molar-refractivity contribution in [2.75, 3.05) is 13.6 Å². The fourth-order valence-corrected chi connectivity index (χ4v) is 5.21. The lowest BCUT2D eigenvalue weighted by Gasteiger charge is -2.34. The standard InChI is InChI=1S/C26H31ClN4O2S/c1-28-26(34)30-29-14-21-12-20(32)13-24(33-21)31-15-19(25-22(27)3-2-4-23(25)31)11-16-5-7-17(8-6-16)18-9-10-18/h2-8,15,18,20-21,24,29,32H,9-14H2,1H3,(H2,28,30,34). The van der Waals surface area contributed by atoms with Crippen LogP contribution in [0.5, 0.6) is 0 Å². The van der Waals surface area contributed by atoms with Gasteiger partial charge in [0.1, 0.15) is 6.23 Å². The molecule has 180 valence electrons. The summed E-state index contributed by atoms with van der Waals surface area (Å²) in [5.74, 6) is 0.756. The Kier molecular flexibility index (Phi) is 7.09. The van der Waals surface area contributed by atoms with E-state index in [4.69, 9.17) is 28.6 Å². The van der Waals surface area contributed by atoms with Crippen LogP contribution < -0.4 is 16.2 Å². The number of nitrogens with one attached hydrogen (secondary N) is 3. The Bertz CT molecular complexity index is 1160. The molecule has 2 aromatic carbocycles. The number of halogens is 1. The molecule has 8 heteroatoms. The van der Waals surface area contributed by atoms with Crippen LogP contribution >= 0.6 is 23.8 Å². The van der Waals surface area contributed by atoms with E-state index in [9.17, 15) is 5.11 Å². The molecule has 2 heterocycles. The first-order valence-corrected chi connectivity index (χ1v) is 12.7. The van der Waals surface area contributed by atoms with E-state index in [-0.39, 0.29) is 12.3 Å². The van der Waals surface area contributed by atoms with Gasteiger partial charge in [0.2, 0.25) is 0 Å². The third-order valence-electron chi connectivity index (χ3n) is 6.74. The topological polar surface area (TPSA) is 70.5 Å². The molecular weight excluding hydrogens is 468 g/mol. The third kappa shape index (κ3) is 5.24. The Morgan fingerprint density at radius 1 is 1.18 bits per heavy atom. The van der Waals surface area contributed by atoms with Crippen molar-refractivity contribution in [1.82, 2.24) is 20.7 Å². The van der Waals surface area contributed by atoms with Crippen molar-refractivity contribution in [3.63, 3.8) is 0 Å². The summed E-state index contributed by atoms with van der Waals surface area (Å²) in [5.41, 5.74) is 10.9. The molecule has 0 bridgehead atoms. The summed E-state index contributed by atoms with van der Waals surface area (Å²) in [7, 11) is 1.76. The molecule has 2 aliphatic rings. The van der Waals surface area contributed by atoms with Crippen LogP contribution in [0.15, 0.2) is 48.7 Å². The molecule has 1 aromatic heterocycles. The normalized spacial score (nSPS) is 22.6. The highest BCUT2D eigenvalue weighted by Crippen LogP contribution is 2.40. The SMILES string of the molecule is CNC(=S)NNCC1CC(O)CC(n2cc(Cc3ccc(C4CC4)cc3)c3c(Cl)cccc32)O1. The summed E-state index contributed by atoms with van der Waals surface area (Å²) in [6.45, 7) is 0.523. The number of rotatable bonds is 7. The molecule has 1 aliphatic carbocycles. The maximum Gasteiger partial charge on any atom is 0.180 e. The van der Waals surface area contributed by atoms with Crippen molar-refractivity contribution in [2.45, 2.75) is 56.5 Å². The first-order valence-electron chi connectivity index (χ1n) is 11.9. The molecular formula is C26H31ClN4O2S. The van der Waals surface area contributed by atoms with Crippen molar-refractivity contribution in [1.29, 1.82) is 0 Å². The summed E-state index contributed by atoms with van der Waals surface area (Å²) in [6, 6.07) is 15.0. The Morgan fingerprint density at radius 2 is 1.97 bits per heavy atom. The lowest BCUT2D eigenvalue weighted by molar-refractivity contribution is -0.125. The van der Waals surface area contributed by atoms with E-state index >= 15 is 0 Å². The number of hydrazine groups is 1. The van der Waals surface area contributed by atoms with Crippen LogP contribution in [0, 0.1) is 0 Å². The minimum atomic E-state index is -0.447. The number of aliphatic hydroxyl groups is 1. The van der Waals surface area contributed by atoms with Gasteiger partial charge in [0.15, 0.2) is 5.11 Å². The van der Waals surface area contributed by atoms with E-state index in [1.54, 1.807) is 7.05 Å². The first-order chi connectivity index (χ1) is 16.5. The lowest BCUT2D eigenvalue weighted by Crippen LogP contribution is -2.48. The van der Waals surface area contributed by atoms with E-state index < -0.39 is 6.10 Å². The molecule has 0 radical (unpaired) electrons.